The smallest absolute Gasteiger partial charge is 0.277 e. The number of carbonyl (C=O) groups excluding carboxylic acids is 2. The topological polar surface area (TPSA) is 67.9 Å². The van der Waals surface area contributed by atoms with E-state index < -0.39 is 0 Å². The van der Waals surface area contributed by atoms with Crippen LogP contribution in [0.5, 0.6) is 11.5 Å². The fourth-order valence-corrected chi connectivity index (χ4v) is 3.21. The second-order valence-electron chi connectivity index (χ2n) is 5.09. The first kappa shape index (κ1) is 16.1. The molecule has 0 saturated heterocycles. The summed E-state index contributed by atoms with van der Waals surface area (Å²) < 4.78 is 10.5. The van der Waals surface area contributed by atoms with Gasteiger partial charge < -0.3 is 14.8 Å². The summed E-state index contributed by atoms with van der Waals surface area (Å²) in [6.45, 7) is 0. The van der Waals surface area contributed by atoms with Gasteiger partial charge in [0.1, 0.15) is 17.2 Å². The fourth-order valence-electron chi connectivity index (χ4n) is 2.44. The maximum Gasteiger partial charge on any atom is 0.277 e. The number of imide groups is 1. The third-order valence-electron chi connectivity index (χ3n) is 3.72. The zero-order valence-electron chi connectivity index (χ0n) is 13.5. The number of likely N-dealkylation sites (N-methyl/N-ethyl adjacent to an activating group) is 1. The van der Waals surface area contributed by atoms with E-state index in [0.29, 0.717) is 22.8 Å². The molecule has 2 amide bonds. The van der Waals surface area contributed by atoms with Gasteiger partial charge in [0.2, 0.25) is 0 Å². The highest BCUT2D eigenvalue weighted by Gasteiger charge is 2.37. The molecule has 6 nitrogen and oxygen atoms in total. The van der Waals surface area contributed by atoms with Gasteiger partial charge in [-0.15, -0.1) is 11.3 Å². The van der Waals surface area contributed by atoms with Crippen molar-refractivity contribution in [1.29, 1.82) is 0 Å². The van der Waals surface area contributed by atoms with E-state index >= 15 is 0 Å². The molecule has 3 rings (SSSR count). The van der Waals surface area contributed by atoms with Gasteiger partial charge in [-0.3, -0.25) is 14.5 Å². The molecular weight excluding hydrogens is 328 g/mol. The van der Waals surface area contributed by atoms with E-state index in [1.807, 2.05) is 17.5 Å². The molecular formula is C17H16N2O4S. The molecule has 24 heavy (non-hydrogen) atoms. The number of hydrogen-bond donors (Lipinski definition) is 1. The normalized spacial score (nSPS) is 14.4. The lowest BCUT2D eigenvalue weighted by molar-refractivity contribution is -0.135. The molecule has 7 heteroatoms. The molecule has 1 aliphatic rings. The van der Waals surface area contributed by atoms with Gasteiger partial charge in [0, 0.05) is 18.0 Å². The SMILES string of the molecule is COc1ccc(NC2=C(c3cccs3)C(=O)N(C)C2=O)c(OC)c1. The van der Waals surface area contributed by atoms with E-state index in [4.69, 9.17) is 9.47 Å². The molecule has 0 bridgehead atoms. The van der Waals surface area contributed by atoms with Crippen LogP contribution in [0, 0.1) is 0 Å². The lowest BCUT2D eigenvalue weighted by atomic mass is 10.1. The maximum absolute atomic E-state index is 12.5. The zero-order chi connectivity index (χ0) is 17.3. The van der Waals surface area contributed by atoms with E-state index in [0.717, 1.165) is 9.78 Å². The number of carbonyl (C=O) groups is 2. The molecule has 0 spiro atoms. The molecule has 0 saturated carbocycles. The average Bonchev–Trinajstić information content (AvgIpc) is 3.19. The van der Waals surface area contributed by atoms with Crippen molar-refractivity contribution in [2.24, 2.45) is 0 Å². The molecule has 0 radical (unpaired) electrons. The highest BCUT2D eigenvalue weighted by Crippen LogP contribution is 2.35. The number of methoxy groups -OCH3 is 2. The zero-order valence-corrected chi connectivity index (χ0v) is 14.3. The molecule has 1 N–H and O–H groups in total. The summed E-state index contributed by atoms with van der Waals surface area (Å²) in [5.74, 6) is 0.455. The summed E-state index contributed by atoms with van der Waals surface area (Å²) in [4.78, 5) is 26.8. The van der Waals surface area contributed by atoms with Crippen molar-refractivity contribution in [3.63, 3.8) is 0 Å². The van der Waals surface area contributed by atoms with Crippen molar-refractivity contribution in [2.45, 2.75) is 0 Å². The Morgan fingerprint density at radius 1 is 1.08 bits per heavy atom. The molecule has 124 valence electrons. The van der Waals surface area contributed by atoms with E-state index in [9.17, 15) is 9.59 Å². The maximum atomic E-state index is 12.5. The Kier molecular flexibility index (Phi) is 4.26. The summed E-state index contributed by atoms with van der Waals surface area (Å²) in [7, 11) is 4.56. The number of nitrogens with one attached hydrogen (secondary N) is 1. The fraction of sp³-hybridized carbons (Fsp3) is 0.176. The van der Waals surface area contributed by atoms with Crippen molar-refractivity contribution in [2.75, 3.05) is 26.6 Å². The Balaban J connectivity index is 2.06. The molecule has 1 aromatic carbocycles. The van der Waals surface area contributed by atoms with Crippen LogP contribution < -0.4 is 14.8 Å². The number of rotatable bonds is 5. The van der Waals surface area contributed by atoms with E-state index in [-0.39, 0.29) is 17.5 Å². The minimum atomic E-state index is -0.374. The van der Waals surface area contributed by atoms with Crippen LogP contribution in [0.15, 0.2) is 41.4 Å². The van der Waals surface area contributed by atoms with Gasteiger partial charge in [-0.25, -0.2) is 0 Å². The molecule has 1 aliphatic heterocycles. The van der Waals surface area contributed by atoms with Crippen LogP contribution >= 0.6 is 11.3 Å². The van der Waals surface area contributed by atoms with Crippen molar-refractivity contribution in [1.82, 2.24) is 4.90 Å². The Bertz CT molecular complexity index is 827. The molecule has 0 fully saturated rings. The van der Waals surface area contributed by atoms with Crippen molar-refractivity contribution < 1.29 is 19.1 Å². The predicted molar refractivity (Wildman–Crippen MR) is 92.2 cm³/mol. The highest BCUT2D eigenvalue weighted by atomic mass is 32.1. The number of benzene rings is 1. The number of amides is 2. The van der Waals surface area contributed by atoms with Crippen LogP contribution in [0.2, 0.25) is 0 Å². The summed E-state index contributed by atoms with van der Waals surface area (Å²) in [6, 6.07) is 8.86. The Morgan fingerprint density at radius 3 is 2.50 bits per heavy atom. The second-order valence-corrected chi connectivity index (χ2v) is 6.04. The summed E-state index contributed by atoms with van der Waals surface area (Å²) in [5.41, 5.74) is 1.20. The van der Waals surface area contributed by atoms with E-state index in [1.165, 1.54) is 25.5 Å². The number of hydrogen-bond acceptors (Lipinski definition) is 6. The van der Waals surface area contributed by atoms with Crippen molar-refractivity contribution in [3.8, 4) is 11.5 Å². The summed E-state index contributed by atoms with van der Waals surface area (Å²) in [6.07, 6.45) is 0. The Morgan fingerprint density at radius 2 is 1.88 bits per heavy atom. The number of anilines is 1. The third-order valence-corrected chi connectivity index (χ3v) is 4.61. The molecule has 2 heterocycles. The molecule has 1 aromatic heterocycles. The van der Waals surface area contributed by atoms with Crippen LogP contribution in [-0.4, -0.2) is 38.0 Å². The monoisotopic (exact) mass is 344 g/mol. The van der Waals surface area contributed by atoms with Gasteiger partial charge in [-0.2, -0.15) is 0 Å². The number of nitrogens with zero attached hydrogens (tertiary/aromatic N) is 1. The van der Waals surface area contributed by atoms with Crippen LogP contribution in [0.4, 0.5) is 5.69 Å². The third kappa shape index (κ3) is 2.63. The summed E-state index contributed by atoms with van der Waals surface area (Å²) in [5, 5.41) is 4.92. The van der Waals surface area contributed by atoms with E-state index in [2.05, 4.69) is 5.32 Å². The first-order chi connectivity index (χ1) is 11.6. The Labute approximate surface area is 143 Å². The van der Waals surface area contributed by atoms with E-state index in [1.54, 1.807) is 25.3 Å². The molecule has 0 unspecified atom stereocenters. The van der Waals surface area contributed by atoms with Crippen molar-refractivity contribution in [3.05, 3.63) is 46.3 Å². The quantitative estimate of drug-likeness (QED) is 0.845. The van der Waals surface area contributed by atoms with Crippen LogP contribution in [0.3, 0.4) is 0 Å². The minimum absolute atomic E-state index is 0.244. The van der Waals surface area contributed by atoms with Crippen LogP contribution in [0.25, 0.3) is 5.57 Å². The number of thiophene rings is 1. The minimum Gasteiger partial charge on any atom is -0.497 e. The predicted octanol–water partition coefficient (Wildman–Crippen LogP) is 2.59. The largest absolute Gasteiger partial charge is 0.497 e. The van der Waals surface area contributed by atoms with Gasteiger partial charge in [-0.05, 0) is 23.6 Å². The Hall–Kier alpha value is -2.80. The molecule has 2 aromatic rings. The average molecular weight is 344 g/mol. The first-order valence-corrected chi connectivity index (χ1v) is 8.04. The molecule has 0 aliphatic carbocycles. The number of ether oxygens (including phenoxy) is 2. The standard InChI is InChI=1S/C17H16N2O4S/c1-19-16(20)14(13-5-4-8-24-13)15(17(19)21)18-11-7-6-10(22-2)9-12(11)23-3/h4-9,18H,1-3H3. The molecule has 0 atom stereocenters. The van der Waals surface area contributed by atoms with Crippen molar-refractivity contribution >= 4 is 34.4 Å². The van der Waals surface area contributed by atoms with Gasteiger partial charge in [0.15, 0.2) is 0 Å². The lowest BCUT2D eigenvalue weighted by Gasteiger charge is -2.13. The highest BCUT2D eigenvalue weighted by molar-refractivity contribution is 7.11. The van der Waals surface area contributed by atoms with Gasteiger partial charge in [-0.1, -0.05) is 6.07 Å². The van der Waals surface area contributed by atoms with Crippen LogP contribution in [-0.2, 0) is 9.59 Å². The van der Waals surface area contributed by atoms with Gasteiger partial charge in [0.05, 0.1) is 25.5 Å². The lowest BCUT2D eigenvalue weighted by Crippen LogP contribution is -2.27. The van der Waals surface area contributed by atoms with Crippen LogP contribution in [0.1, 0.15) is 4.88 Å². The first-order valence-electron chi connectivity index (χ1n) is 7.16. The van der Waals surface area contributed by atoms with Gasteiger partial charge in [0.25, 0.3) is 11.8 Å². The summed E-state index contributed by atoms with van der Waals surface area (Å²) >= 11 is 1.41. The van der Waals surface area contributed by atoms with Gasteiger partial charge >= 0.3 is 0 Å². The second kappa shape index (κ2) is 6.37.